The van der Waals surface area contributed by atoms with E-state index >= 15 is 0 Å². The van der Waals surface area contributed by atoms with Gasteiger partial charge in [0.2, 0.25) is 35.4 Å². The lowest BCUT2D eigenvalue weighted by atomic mass is 9.97. The van der Waals surface area contributed by atoms with Gasteiger partial charge in [-0.1, -0.05) is 20.3 Å². The van der Waals surface area contributed by atoms with Gasteiger partial charge in [-0.3, -0.25) is 48.7 Å². The van der Waals surface area contributed by atoms with E-state index in [1.165, 1.54) is 24.3 Å². The molecule has 1 fully saturated rings. The molecule has 4 unspecified atom stereocenters. The number of benzene rings is 1. The molecule has 0 aromatic heterocycles. The van der Waals surface area contributed by atoms with Crippen LogP contribution >= 0.6 is 0 Å². The molecule has 54 heavy (non-hydrogen) atoms. The van der Waals surface area contributed by atoms with Crippen molar-refractivity contribution in [2.45, 2.75) is 96.2 Å². The third kappa shape index (κ3) is 16.2. The quantitative estimate of drug-likeness (QED) is 0.0252. The first-order valence-corrected chi connectivity index (χ1v) is 17.9. The van der Waals surface area contributed by atoms with Gasteiger partial charge in [0.15, 0.2) is 5.96 Å². The molecule has 1 heterocycles. The number of rotatable bonds is 22. The zero-order valence-corrected chi connectivity index (χ0v) is 30.6. The highest BCUT2D eigenvalue weighted by Crippen LogP contribution is 2.17. The maximum atomic E-state index is 13.5. The molecule has 298 valence electrons. The Bertz CT molecular complexity index is 1510. The molecule has 1 aromatic rings. The molecule has 1 aliphatic rings. The number of carboxylic acid groups (broad SMARTS) is 1. The van der Waals surface area contributed by atoms with Crippen molar-refractivity contribution >= 4 is 58.7 Å². The predicted molar refractivity (Wildman–Crippen MR) is 196 cm³/mol. The number of carboxylic acids is 1. The van der Waals surface area contributed by atoms with Crippen LogP contribution in [0.15, 0.2) is 29.3 Å². The summed E-state index contributed by atoms with van der Waals surface area (Å²) in [5.74, 6) is -5.59. The number of nitrogens with one attached hydrogen (secondary N) is 5. The number of carbonyl (C=O) groups is 7. The summed E-state index contributed by atoms with van der Waals surface area (Å²) in [6.07, 6.45) is 2.46. The van der Waals surface area contributed by atoms with Crippen LogP contribution in [0.1, 0.15) is 78.1 Å². The lowest BCUT2D eigenvalue weighted by Gasteiger charge is -2.28. The zero-order valence-electron chi connectivity index (χ0n) is 30.6. The molecule has 0 saturated carbocycles. The molecule has 20 nitrogen and oxygen atoms in total. The lowest BCUT2D eigenvalue weighted by molar-refractivity contribution is -0.384. The molecular weight excluding hydrogens is 708 g/mol. The number of nitro benzene ring substituents is 1. The first kappa shape index (κ1) is 44.3. The fourth-order valence-corrected chi connectivity index (χ4v) is 5.47. The van der Waals surface area contributed by atoms with Crippen LogP contribution in [0.25, 0.3) is 0 Å². The Hall–Kier alpha value is -5.82. The number of amides is 6. The number of carbonyl (C=O) groups excluding carboxylic acids is 6. The molecule has 1 saturated heterocycles. The van der Waals surface area contributed by atoms with E-state index in [0.717, 1.165) is 19.3 Å². The number of guanidine groups is 1. The average molecular weight is 761 g/mol. The van der Waals surface area contributed by atoms with Crippen molar-refractivity contribution in [2.75, 3.05) is 31.5 Å². The molecule has 6 amide bonds. The van der Waals surface area contributed by atoms with Crippen LogP contribution in [0.3, 0.4) is 0 Å². The van der Waals surface area contributed by atoms with Gasteiger partial charge in [0.05, 0.1) is 17.9 Å². The number of anilines is 1. The van der Waals surface area contributed by atoms with Gasteiger partial charge in [-0.05, 0) is 56.6 Å². The van der Waals surface area contributed by atoms with Gasteiger partial charge in [0.25, 0.3) is 5.69 Å². The van der Waals surface area contributed by atoms with Crippen LogP contribution in [-0.4, -0.2) is 107 Å². The molecule has 1 aromatic carbocycles. The molecule has 0 spiro atoms. The third-order valence-corrected chi connectivity index (χ3v) is 8.73. The highest BCUT2D eigenvalue weighted by molar-refractivity contribution is 5.98. The van der Waals surface area contributed by atoms with Crippen molar-refractivity contribution in [1.82, 2.24) is 26.2 Å². The third-order valence-electron chi connectivity index (χ3n) is 8.73. The standard InChI is InChI=1S/C34H52N10O10/c1-3-21(2)30(42-26(45)14-16-29(48)49)33(52)41-25(13-15-28(47)43-18-5-4-6-19-43)31(50)38-20-27(46)40-24(8-7-17-37-34(35)36)32(51)39-22-9-11-23(12-10-22)44(53)54/h9-12,21,24-25,30H,3-8,13-20H2,1-2H3,(H,38,50)(H,39,51)(H,40,46)(H,41,52)(H,42,45)(H,48,49)(H4,35,36,37). The SMILES string of the molecule is CCC(C)C(NC(=O)CCC(=O)O)C(=O)NC(CCC(=O)N1CCCCC1)C(=O)NCC(=O)NC(CCCN=C(N)N)C(=O)Nc1ccc([N+](=O)[O-])cc1. The normalized spacial score (nSPS) is 14.6. The van der Waals surface area contributed by atoms with Crippen molar-refractivity contribution in [3.05, 3.63) is 34.4 Å². The fraction of sp³-hybridized carbons (Fsp3) is 0.588. The summed E-state index contributed by atoms with van der Waals surface area (Å²) in [6, 6.07) is 1.48. The molecule has 20 heteroatoms. The number of aliphatic carboxylic acids is 1. The van der Waals surface area contributed by atoms with Crippen LogP contribution < -0.4 is 38.1 Å². The topological polar surface area (TPSA) is 311 Å². The predicted octanol–water partition coefficient (Wildman–Crippen LogP) is -0.139. The van der Waals surface area contributed by atoms with Gasteiger partial charge in [0.1, 0.15) is 18.1 Å². The van der Waals surface area contributed by atoms with Gasteiger partial charge in [0, 0.05) is 50.3 Å². The van der Waals surface area contributed by atoms with Gasteiger partial charge >= 0.3 is 5.97 Å². The second-order valence-corrected chi connectivity index (χ2v) is 12.9. The summed E-state index contributed by atoms with van der Waals surface area (Å²) in [7, 11) is 0. The first-order chi connectivity index (χ1) is 25.6. The van der Waals surface area contributed by atoms with E-state index in [9.17, 15) is 43.7 Å². The Morgan fingerprint density at radius 2 is 1.52 bits per heavy atom. The van der Waals surface area contributed by atoms with Gasteiger partial charge in [-0.25, -0.2) is 0 Å². The number of aliphatic imine (C=N–C) groups is 1. The van der Waals surface area contributed by atoms with Crippen molar-refractivity contribution in [1.29, 1.82) is 0 Å². The molecule has 10 N–H and O–H groups in total. The Labute approximate surface area is 312 Å². The minimum absolute atomic E-state index is 0.0712. The second-order valence-electron chi connectivity index (χ2n) is 12.9. The maximum Gasteiger partial charge on any atom is 0.303 e. The van der Waals surface area contributed by atoms with E-state index in [0.29, 0.717) is 19.5 Å². The van der Waals surface area contributed by atoms with E-state index in [2.05, 4.69) is 31.6 Å². The minimum Gasteiger partial charge on any atom is -0.481 e. The molecule has 2 rings (SSSR count). The Morgan fingerprint density at radius 3 is 2.11 bits per heavy atom. The lowest BCUT2D eigenvalue weighted by Crippen LogP contribution is -2.56. The van der Waals surface area contributed by atoms with Crippen LogP contribution in [0.5, 0.6) is 0 Å². The molecule has 0 aliphatic carbocycles. The zero-order chi connectivity index (χ0) is 40.2. The van der Waals surface area contributed by atoms with Gasteiger partial charge in [-0.15, -0.1) is 0 Å². The first-order valence-electron chi connectivity index (χ1n) is 17.9. The maximum absolute atomic E-state index is 13.5. The van der Waals surface area contributed by atoms with Gasteiger partial charge < -0.3 is 48.1 Å². The monoisotopic (exact) mass is 760 g/mol. The van der Waals surface area contributed by atoms with Crippen LogP contribution in [0.4, 0.5) is 11.4 Å². The smallest absolute Gasteiger partial charge is 0.303 e. The minimum atomic E-state index is -1.30. The van der Waals surface area contributed by atoms with Crippen LogP contribution in [0, 0.1) is 16.0 Å². The highest BCUT2D eigenvalue weighted by atomic mass is 16.6. The Balaban J connectivity index is 2.18. The number of nitrogens with two attached hydrogens (primary N) is 2. The summed E-state index contributed by atoms with van der Waals surface area (Å²) in [6.45, 7) is 4.16. The number of piperidine rings is 1. The summed E-state index contributed by atoms with van der Waals surface area (Å²) < 4.78 is 0. The number of nitrogens with zero attached hydrogens (tertiary/aromatic N) is 3. The number of non-ortho nitro benzene ring substituents is 1. The number of hydrogen-bond acceptors (Lipinski definition) is 10. The van der Waals surface area contributed by atoms with Crippen molar-refractivity contribution in [3.8, 4) is 0 Å². The molecule has 0 bridgehead atoms. The van der Waals surface area contributed by atoms with E-state index in [1.807, 2.05) is 0 Å². The summed E-state index contributed by atoms with van der Waals surface area (Å²) in [5.41, 5.74) is 10.8. The molecule has 0 radical (unpaired) electrons. The molecular formula is C34H52N10O10. The van der Waals surface area contributed by atoms with Gasteiger partial charge in [-0.2, -0.15) is 0 Å². The second kappa shape index (κ2) is 23.0. The number of hydrogen-bond donors (Lipinski definition) is 8. The average Bonchev–Trinajstić information content (AvgIpc) is 3.14. The van der Waals surface area contributed by atoms with Crippen molar-refractivity contribution < 1.29 is 43.6 Å². The summed E-state index contributed by atoms with van der Waals surface area (Å²) in [5, 5.41) is 32.6. The van der Waals surface area contributed by atoms with Crippen molar-refractivity contribution in [3.63, 3.8) is 0 Å². The van der Waals surface area contributed by atoms with Crippen LogP contribution in [0.2, 0.25) is 0 Å². The van der Waals surface area contributed by atoms with Crippen LogP contribution in [-0.2, 0) is 33.6 Å². The fourth-order valence-electron chi connectivity index (χ4n) is 5.47. The summed E-state index contributed by atoms with van der Waals surface area (Å²) >= 11 is 0. The van der Waals surface area contributed by atoms with E-state index < -0.39 is 77.4 Å². The Morgan fingerprint density at radius 1 is 0.870 bits per heavy atom. The van der Waals surface area contributed by atoms with E-state index in [1.54, 1.807) is 18.7 Å². The molecule has 1 aliphatic heterocycles. The molecule has 4 atom stereocenters. The number of nitro groups is 1. The van der Waals surface area contributed by atoms with Crippen molar-refractivity contribution in [2.24, 2.45) is 22.4 Å². The highest BCUT2D eigenvalue weighted by Gasteiger charge is 2.31. The summed E-state index contributed by atoms with van der Waals surface area (Å²) in [4.78, 5) is 106. The van der Waals surface area contributed by atoms with E-state index in [-0.39, 0.29) is 61.9 Å². The Kier molecular flexibility index (Phi) is 18.9. The van der Waals surface area contributed by atoms with E-state index in [4.69, 9.17) is 16.6 Å². The number of likely N-dealkylation sites (tertiary alicyclic amines) is 1. The largest absolute Gasteiger partial charge is 0.481 e.